The van der Waals surface area contributed by atoms with Crippen molar-refractivity contribution in [1.82, 2.24) is 4.57 Å². The van der Waals surface area contributed by atoms with Gasteiger partial charge < -0.3 is 9.47 Å². The Morgan fingerprint density at radius 2 is 0.733 bits per heavy atom. The molecular formula is C73H50N2. The van der Waals surface area contributed by atoms with Crippen LogP contribution >= 0.6 is 0 Å². The Hall–Kier alpha value is -9.76. The molecule has 0 unspecified atom stereocenters. The Bertz CT molecular complexity index is 4170. The van der Waals surface area contributed by atoms with E-state index in [-0.39, 0.29) is 0 Å². The first-order chi connectivity index (χ1) is 37.2. The molecule has 2 heteroatoms. The zero-order chi connectivity index (χ0) is 49.7. The molecule has 0 aliphatic heterocycles. The van der Waals surface area contributed by atoms with Gasteiger partial charge >= 0.3 is 0 Å². The monoisotopic (exact) mass is 954 g/mol. The van der Waals surface area contributed by atoms with Crippen molar-refractivity contribution in [3.05, 3.63) is 326 Å². The third kappa shape index (κ3) is 7.41. The van der Waals surface area contributed by atoms with E-state index in [1.54, 1.807) is 0 Å². The molecule has 0 saturated heterocycles. The van der Waals surface area contributed by atoms with Crippen molar-refractivity contribution in [3.8, 4) is 61.3 Å². The van der Waals surface area contributed by atoms with Crippen LogP contribution in [0, 0.1) is 0 Å². The largest absolute Gasteiger partial charge is 0.310 e. The van der Waals surface area contributed by atoms with Crippen LogP contribution in [0.3, 0.4) is 0 Å². The van der Waals surface area contributed by atoms with E-state index >= 15 is 0 Å². The van der Waals surface area contributed by atoms with Gasteiger partial charge in [-0.05, 0) is 145 Å². The summed E-state index contributed by atoms with van der Waals surface area (Å²) in [5.74, 6) is 0. The van der Waals surface area contributed by atoms with Gasteiger partial charge in [0.1, 0.15) is 0 Å². The minimum absolute atomic E-state index is 0.503. The molecule has 1 heterocycles. The lowest BCUT2D eigenvalue weighted by Gasteiger charge is -2.34. The summed E-state index contributed by atoms with van der Waals surface area (Å²) in [5.41, 5.74) is 23.4. The molecule has 75 heavy (non-hydrogen) atoms. The van der Waals surface area contributed by atoms with Crippen molar-refractivity contribution in [1.29, 1.82) is 0 Å². The van der Waals surface area contributed by atoms with E-state index in [0.29, 0.717) is 0 Å². The minimum Gasteiger partial charge on any atom is -0.310 e. The first-order valence-electron chi connectivity index (χ1n) is 25.9. The normalized spacial score (nSPS) is 12.4. The molecule has 1 aliphatic carbocycles. The van der Waals surface area contributed by atoms with Crippen LogP contribution in [0.25, 0.3) is 83.1 Å². The molecule has 0 spiro atoms. The van der Waals surface area contributed by atoms with Crippen LogP contribution < -0.4 is 4.90 Å². The third-order valence-electron chi connectivity index (χ3n) is 15.5. The molecule has 0 saturated carbocycles. The summed E-state index contributed by atoms with van der Waals surface area (Å²) < 4.78 is 2.49. The predicted octanol–water partition coefficient (Wildman–Crippen LogP) is 19.3. The fraction of sp³-hybridized carbons (Fsp3) is 0.0137. The Labute approximate surface area is 438 Å². The first kappa shape index (κ1) is 44.0. The molecule has 0 amide bonds. The number of nitrogens with zero attached hydrogens (tertiary/aromatic N) is 2. The second-order valence-electron chi connectivity index (χ2n) is 19.6. The molecule has 14 rings (SSSR count). The van der Waals surface area contributed by atoms with Crippen molar-refractivity contribution in [2.24, 2.45) is 0 Å². The Kier molecular flexibility index (Phi) is 10.8. The van der Waals surface area contributed by atoms with Crippen LogP contribution in [0.15, 0.2) is 303 Å². The number of rotatable bonds is 10. The van der Waals surface area contributed by atoms with Gasteiger partial charge in [-0.2, -0.15) is 0 Å². The molecule has 0 bridgehead atoms. The highest BCUT2D eigenvalue weighted by molar-refractivity contribution is 6.10. The Balaban J connectivity index is 0.879. The molecule has 0 N–H and O–H groups in total. The molecule has 1 aromatic heterocycles. The molecular weight excluding hydrogens is 905 g/mol. The number of aromatic nitrogens is 1. The van der Waals surface area contributed by atoms with E-state index in [1.165, 1.54) is 88.6 Å². The lowest BCUT2D eigenvalue weighted by Crippen LogP contribution is -2.28. The van der Waals surface area contributed by atoms with E-state index in [4.69, 9.17) is 0 Å². The van der Waals surface area contributed by atoms with E-state index in [1.807, 2.05) is 0 Å². The second-order valence-corrected chi connectivity index (χ2v) is 19.6. The molecule has 0 radical (unpaired) electrons. The van der Waals surface area contributed by atoms with Gasteiger partial charge in [0, 0.05) is 33.5 Å². The zero-order valence-corrected chi connectivity index (χ0v) is 41.3. The summed E-state index contributed by atoms with van der Waals surface area (Å²) in [7, 11) is 0. The number of para-hydroxylation sites is 2. The van der Waals surface area contributed by atoms with Crippen LogP contribution in [0.2, 0.25) is 0 Å². The third-order valence-corrected chi connectivity index (χ3v) is 15.5. The van der Waals surface area contributed by atoms with Crippen molar-refractivity contribution in [3.63, 3.8) is 0 Å². The van der Waals surface area contributed by atoms with E-state index < -0.39 is 5.41 Å². The number of benzene rings is 12. The Morgan fingerprint density at radius 3 is 1.44 bits per heavy atom. The van der Waals surface area contributed by atoms with Crippen LogP contribution in [-0.4, -0.2) is 4.57 Å². The van der Waals surface area contributed by atoms with E-state index in [2.05, 4.69) is 313 Å². The number of hydrogen-bond donors (Lipinski definition) is 0. The maximum atomic E-state index is 2.49. The quantitative estimate of drug-likeness (QED) is 0.133. The summed E-state index contributed by atoms with van der Waals surface area (Å²) in [6, 6.07) is 111. The summed E-state index contributed by atoms with van der Waals surface area (Å²) in [6.07, 6.45) is 0. The SMILES string of the molecule is c1ccc(-c2cccc(-c3ccc(N(c4ccccc4)c4cccc(-c5ccccc5-c5ccc6c7ccccc7n(-c7ccc8c(c7)C(c7ccccc7)(c7ccccc7)c7ccccc7-8)c6c5)c4)cc3)c2)cc1. The summed E-state index contributed by atoms with van der Waals surface area (Å²) in [5, 5.41) is 2.46. The van der Waals surface area contributed by atoms with Gasteiger partial charge in [-0.1, -0.05) is 237 Å². The van der Waals surface area contributed by atoms with Crippen molar-refractivity contribution >= 4 is 38.9 Å². The highest BCUT2D eigenvalue weighted by atomic mass is 15.1. The molecule has 0 fully saturated rings. The fourth-order valence-corrected chi connectivity index (χ4v) is 12.1. The van der Waals surface area contributed by atoms with E-state index in [9.17, 15) is 0 Å². The fourth-order valence-electron chi connectivity index (χ4n) is 12.1. The van der Waals surface area contributed by atoms with Crippen molar-refractivity contribution in [2.45, 2.75) is 5.41 Å². The lowest BCUT2D eigenvalue weighted by atomic mass is 9.67. The number of hydrogen-bond acceptors (Lipinski definition) is 1. The standard InChI is InChI=1S/C73H50N2/c1-5-21-51(22-6-1)53-23-19-24-54(47-53)52-39-42-60(43-40-52)74(59-30-11-4-12-31-59)61-32-20-25-55(48-61)63-33-13-14-34-64(63)56-41-45-68-67-36-16-18-38-71(67)75(72(68)49-56)62-44-46-66-65-35-15-17-37-69(65)73(70(66)50-62,57-26-7-2-8-27-57)58-28-9-3-10-29-58/h1-50H. The van der Waals surface area contributed by atoms with Gasteiger partial charge in [0.25, 0.3) is 0 Å². The average Bonchev–Trinajstić information content (AvgIpc) is 4.00. The average molecular weight is 955 g/mol. The molecule has 2 nitrogen and oxygen atoms in total. The van der Waals surface area contributed by atoms with Crippen molar-refractivity contribution < 1.29 is 0 Å². The maximum absolute atomic E-state index is 2.49. The second kappa shape index (κ2) is 18.4. The molecule has 0 atom stereocenters. The minimum atomic E-state index is -0.503. The lowest BCUT2D eigenvalue weighted by molar-refractivity contribution is 0.767. The van der Waals surface area contributed by atoms with Crippen LogP contribution in [0.5, 0.6) is 0 Å². The first-order valence-corrected chi connectivity index (χ1v) is 25.9. The Morgan fingerprint density at radius 1 is 0.253 bits per heavy atom. The highest BCUT2D eigenvalue weighted by Gasteiger charge is 2.46. The molecule has 13 aromatic rings. The van der Waals surface area contributed by atoms with Gasteiger partial charge in [-0.15, -0.1) is 0 Å². The van der Waals surface area contributed by atoms with Crippen LogP contribution in [-0.2, 0) is 5.41 Å². The van der Waals surface area contributed by atoms with Gasteiger partial charge in [-0.3, -0.25) is 0 Å². The zero-order valence-electron chi connectivity index (χ0n) is 41.3. The predicted molar refractivity (Wildman–Crippen MR) is 315 cm³/mol. The van der Waals surface area contributed by atoms with Crippen molar-refractivity contribution in [2.75, 3.05) is 4.90 Å². The van der Waals surface area contributed by atoms with Crippen LogP contribution in [0.4, 0.5) is 17.1 Å². The molecule has 352 valence electrons. The van der Waals surface area contributed by atoms with Gasteiger partial charge in [-0.25, -0.2) is 0 Å². The highest BCUT2D eigenvalue weighted by Crippen LogP contribution is 2.57. The van der Waals surface area contributed by atoms with Gasteiger partial charge in [0.2, 0.25) is 0 Å². The molecule has 1 aliphatic rings. The summed E-state index contributed by atoms with van der Waals surface area (Å²) in [4.78, 5) is 2.36. The topological polar surface area (TPSA) is 8.17 Å². The van der Waals surface area contributed by atoms with Gasteiger partial charge in [0.15, 0.2) is 0 Å². The number of anilines is 3. The van der Waals surface area contributed by atoms with Gasteiger partial charge in [0.05, 0.1) is 16.4 Å². The van der Waals surface area contributed by atoms with Crippen LogP contribution in [0.1, 0.15) is 22.3 Å². The smallest absolute Gasteiger partial charge is 0.0714 e. The number of fused-ring (bicyclic) bond motifs is 6. The summed E-state index contributed by atoms with van der Waals surface area (Å²) >= 11 is 0. The summed E-state index contributed by atoms with van der Waals surface area (Å²) in [6.45, 7) is 0. The molecule has 12 aromatic carbocycles. The van der Waals surface area contributed by atoms with E-state index in [0.717, 1.165) is 33.9 Å². The maximum Gasteiger partial charge on any atom is 0.0714 e.